The molecule has 0 fully saturated rings. The lowest BCUT2D eigenvalue weighted by atomic mass is 9.88. The Balaban J connectivity index is 1.64. The Bertz CT molecular complexity index is 712. The Morgan fingerprint density at radius 1 is 1.13 bits per heavy atom. The number of nitrogens with one attached hydrogen (secondary N) is 2. The van der Waals surface area contributed by atoms with Gasteiger partial charge in [0.05, 0.1) is 18.0 Å². The Hall–Kier alpha value is -2.26. The Kier molecular flexibility index (Phi) is 3.80. The van der Waals surface area contributed by atoms with Crippen LogP contribution in [0.5, 0.6) is 0 Å². The fourth-order valence-corrected chi connectivity index (χ4v) is 3.71. The maximum absolute atomic E-state index is 6.19. The van der Waals surface area contributed by atoms with E-state index in [0.717, 1.165) is 25.1 Å². The molecule has 0 saturated carbocycles. The molecule has 118 valence electrons. The smallest absolute Gasteiger partial charge is 0.0950 e. The fraction of sp³-hybridized carbons (Fsp3) is 0.300. The first-order chi connectivity index (χ1) is 11.3. The van der Waals surface area contributed by atoms with Crippen molar-refractivity contribution in [2.75, 3.05) is 0 Å². The molecule has 2 aliphatic carbocycles. The molecule has 1 aromatic rings. The molecular weight excluding hydrogens is 282 g/mol. The molecule has 3 aliphatic rings. The lowest BCUT2D eigenvalue weighted by Crippen LogP contribution is -2.52. The molecule has 3 atom stereocenters. The third kappa shape index (κ3) is 2.84. The average molecular weight is 305 g/mol. The number of fused-ring (bicyclic) bond motifs is 1. The molecule has 23 heavy (non-hydrogen) atoms. The van der Waals surface area contributed by atoms with E-state index in [0.29, 0.717) is 5.92 Å². The zero-order valence-corrected chi connectivity index (χ0v) is 13.2. The van der Waals surface area contributed by atoms with E-state index < -0.39 is 0 Å². The Morgan fingerprint density at radius 3 is 2.96 bits per heavy atom. The number of hydrogen-bond donors (Lipinski definition) is 3. The van der Waals surface area contributed by atoms with Gasteiger partial charge in [0.1, 0.15) is 0 Å². The average Bonchev–Trinajstić information content (AvgIpc) is 2.61. The van der Waals surface area contributed by atoms with Crippen molar-refractivity contribution in [1.82, 2.24) is 10.6 Å². The van der Waals surface area contributed by atoms with E-state index in [2.05, 4.69) is 71.4 Å². The summed E-state index contributed by atoms with van der Waals surface area (Å²) in [4.78, 5) is 0. The molecule has 0 bridgehead atoms. The number of allylic oxidation sites excluding steroid dienone is 4. The molecule has 0 amide bonds. The second-order valence-electron chi connectivity index (χ2n) is 6.46. The third-order valence-corrected chi connectivity index (χ3v) is 4.90. The van der Waals surface area contributed by atoms with Crippen molar-refractivity contribution in [3.63, 3.8) is 0 Å². The van der Waals surface area contributed by atoms with Crippen LogP contribution >= 0.6 is 0 Å². The summed E-state index contributed by atoms with van der Waals surface area (Å²) >= 11 is 0. The van der Waals surface area contributed by atoms with Crippen molar-refractivity contribution < 1.29 is 0 Å². The number of hydrogen-bond acceptors (Lipinski definition) is 3. The van der Waals surface area contributed by atoms with E-state index in [1.807, 2.05) is 0 Å². The number of aryl methyl sites for hydroxylation is 1. The normalized spacial score (nSPS) is 28.9. The third-order valence-electron chi connectivity index (χ3n) is 4.90. The highest BCUT2D eigenvalue weighted by molar-refractivity contribution is 5.61. The summed E-state index contributed by atoms with van der Waals surface area (Å²) in [5, 5.41) is 7.12. The molecule has 0 radical (unpaired) electrons. The topological polar surface area (TPSA) is 50.1 Å². The highest BCUT2D eigenvalue weighted by Crippen LogP contribution is 2.30. The highest BCUT2D eigenvalue weighted by atomic mass is 15.2. The van der Waals surface area contributed by atoms with Gasteiger partial charge < -0.3 is 11.1 Å². The maximum Gasteiger partial charge on any atom is 0.0950 e. The van der Waals surface area contributed by atoms with Crippen LogP contribution < -0.4 is 16.4 Å². The van der Waals surface area contributed by atoms with Gasteiger partial charge in [0.2, 0.25) is 0 Å². The highest BCUT2D eigenvalue weighted by Gasteiger charge is 2.27. The maximum atomic E-state index is 6.19. The second kappa shape index (κ2) is 6.09. The zero-order chi connectivity index (χ0) is 15.6. The van der Waals surface area contributed by atoms with Gasteiger partial charge in [-0.3, -0.25) is 5.32 Å². The van der Waals surface area contributed by atoms with Gasteiger partial charge in [0.25, 0.3) is 0 Å². The van der Waals surface area contributed by atoms with Gasteiger partial charge in [0.15, 0.2) is 0 Å². The van der Waals surface area contributed by atoms with E-state index in [4.69, 9.17) is 5.73 Å². The molecule has 3 nitrogen and oxygen atoms in total. The minimum absolute atomic E-state index is 0.151. The Morgan fingerprint density at radius 2 is 2.09 bits per heavy atom. The summed E-state index contributed by atoms with van der Waals surface area (Å²) in [5.74, 6) is 1.18. The molecular formula is C20H23N3. The predicted octanol–water partition coefficient (Wildman–Crippen LogP) is 3.14. The lowest BCUT2D eigenvalue weighted by Gasteiger charge is -2.36. The van der Waals surface area contributed by atoms with Crippen molar-refractivity contribution >= 4 is 6.08 Å². The number of benzene rings is 1. The summed E-state index contributed by atoms with van der Waals surface area (Å²) in [6, 6.07) is 6.77. The minimum Gasteiger partial charge on any atom is -0.386 e. The van der Waals surface area contributed by atoms with Crippen molar-refractivity contribution in [2.45, 2.75) is 31.5 Å². The molecule has 4 rings (SSSR count). The SMILES string of the molecule is NC1=CC(c2cccc3c2C=CCC3)NC(C2C=CC=CC2)N1. The predicted molar refractivity (Wildman–Crippen MR) is 95.3 cm³/mol. The van der Waals surface area contributed by atoms with E-state index in [1.54, 1.807) is 0 Å². The summed E-state index contributed by atoms with van der Waals surface area (Å²) in [6.07, 6.45) is 18.8. The first-order valence-corrected chi connectivity index (χ1v) is 8.43. The van der Waals surface area contributed by atoms with Crippen LogP contribution in [0.15, 0.2) is 60.5 Å². The van der Waals surface area contributed by atoms with Crippen LogP contribution in [-0.2, 0) is 6.42 Å². The zero-order valence-electron chi connectivity index (χ0n) is 13.2. The monoisotopic (exact) mass is 305 g/mol. The molecule has 1 aliphatic heterocycles. The number of nitrogens with two attached hydrogens (primary N) is 1. The van der Waals surface area contributed by atoms with Gasteiger partial charge in [-0.1, -0.05) is 54.7 Å². The first kappa shape index (κ1) is 14.3. The molecule has 3 heteroatoms. The van der Waals surface area contributed by atoms with E-state index in [9.17, 15) is 0 Å². The summed E-state index contributed by atoms with van der Waals surface area (Å²) in [6.45, 7) is 0. The standard InChI is InChI=1S/C20H23N3/c21-19-13-18(22-20(23-19)15-8-2-1-3-9-15)17-12-6-10-14-7-4-5-11-16(14)17/h1-3,5-6,8,10-13,15,18,20,22-23H,4,7,9,21H2. The van der Waals surface area contributed by atoms with Gasteiger partial charge >= 0.3 is 0 Å². The molecule has 3 unspecified atom stereocenters. The van der Waals surface area contributed by atoms with Gasteiger partial charge in [0, 0.05) is 5.92 Å². The first-order valence-electron chi connectivity index (χ1n) is 8.43. The van der Waals surface area contributed by atoms with E-state index in [1.165, 1.54) is 16.7 Å². The van der Waals surface area contributed by atoms with Gasteiger partial charge in [-0.15, -0.1) is 0 Å². The van der Waals surface area contributed by atoms with Crippen molar-refractivity contribution in [1.29, 1.82) is 0 Å². The van der Waals surface area contributed by atoms with Gasteiger partial charge in [-0.05, 0) is 42.0 Å². The molecule has 0 spiro atoms. The van der Waals surface area contributed by atoms with Crippen molar-refractivity contribution in [2.24, 2.45) is 11.7 Å². The quantitative estimate of drug-likeness (QED) is 0.787. The molecule has 4 N–H and O–H groups in total. The van der Waals surface area contributed by atoms with Gasteiger partial charge in [-0.2, -0.15) is 0 Å². The van der Waals surface area contributed by atoms with Crippen LogP contribution in [0.2, 0.25) is 0 Å². The molecule has 1 heterocycles. The van der Waals surface area contributed by atoms with Crippen LogP contribution in [0.4, 0.5) is 0 Å². The van der Waals surface area contributed by atoms with E-state index in [-0.39, 0.29) is 12.2 Å². The van der Waals surface area contributed by atoms with Crippen LogP contribution in [0, 0.1) is 5.92 Å². The van der Waals surface area contributed by atoms with Crippen LogP contribution in [0.25, 0.3) is 6.08 Å². The van der Waals surface area contributed by atoms with Crippen LogP contribution in [-0.4, -0.2) is 6.17 Å². The van der Waals surface area contributed by atoms with E-state index >= 15 is 0 Å². The number of rotatable bonds is 2. The molecule has 0 saturated heterocycles. The summed E-state index contributed by atoms with van der Waals surface area (Å²) in [5.41, 5.74) is 10.3. The Labute approximate surface area is 137 Å². The van der Waals surface area contributed by atoms with Crippen molar-refractivity contribution in [3.8, 4) is 0 Å². The second-order valence-corrected chi connectivity index (χ2v) is 6.46. The lowest BCUT2D eigenvalue weighted by molar-refractivity contribution is 0.326. The largest absolute Gasteiger partial charge is 0.386 e. The van der Waals surface area contributed by atoms with Crippen molar-refractivity contribution in [3.05, 3.63) is 77.2 Å². The van der Waals surface area contributed by atoms with Gasteiger partial charge in [-0.25, -0.2) is 0 Å². The minimum atomic E-state index is 0.151. The molecule has 0 aromatic heterocycles. The fourth-order valence-electron chi connectivity index (χ4n) is 3.71. The molecule has 1 aromatic carbocycles. The summed E-state index contributed by atoms with van der Waals surface area (Å²) < 4.78 is 0. The van der Waals surface area contributed by atoms with Crippen LogP contribution in [0.1, 0.15) is 35.6 Å². The summed E-state index contributed by atoms with van der Waals surface area (Å²) in [7, 11) is 0. The van der Waals surface area contributed by atoms with Crippen LogP contribution in [0.3, 0.4) is 0 Å².